The molecule has 5 nitrogen and oxygen atoms in total. The number of ether oxygens (including phenoxy) is 1. The smallest absolute Gasteiger partial charge is 0.254 e. The maximum atomic E-state index is 12.4. The average molecular weight is 271 g/mol. The first-order valence-corrected chi connectivity index (χ1v) is 6.73. The van der Waals surface area contributed by atoms with Crippen molar-refractivity contribution in [2.75, 3.05) is 19.7 Å². The summed E-state index contributed by atoms with van der Waals surface area (Å²) >= 11 is 0. The Morgan fingerprint density at radius 1 is 1.35 bits per heavy atom. The fraction of sp³-hybridized carbons (Fsp3) is 0.333. The van der Waals surface area contributed by atoms with Crippen molar-refractivity contribution in [3.8, 4) is 5.69 Å². The molecule has 0 spiro atoms. The predicted octanol–water partition coefficient (Wildman–Crippen LogP) is 1.73. The molecule has 5 heteroatoms. The largest absolute Gasteiger partial charge is 0.375 e. The van der Waals surface area contributed by atoms with Crippen LogP contribution in [0, 0.1) is 0 Å². The lowest BCUT2D eigenvalue weighted by Gasteiger charge is -2.31. The van der Waals surface area contributed by atoms with E-state index in [9.17, 15) is 4.79 Å². The van der Waals surface area contributed by atoms with Crippen LogP contribution in [0.15, 0.2) is 43.0 Å². The van der Waals surface area contributed by atoms with Gasteiger partial charge in [-0.1, -0.05) is 0 Å². The summed E-state index contributed by atoms with van der Waals surface area (Å²) in [5, 5.41) is 0. The predicted molar refractivity (Wildman–Crippen MR) is 74.9 cm³/mol. The van der Waals surface area contributed by atoms with Crippen LogP contribution in [0.2, 0.25) is 0 Å². The van der Waals surface area contributed by atoms with E-state index in [1.165, 1.54) is 0 Å². The summed E-state index contributed by atoms with van der Waals surface area (Å²) in [6.45, 7) is 3.91. The van der Waals surface area contributed by atoms with E-state index in [-0.39, 0.29) is 12.0 Å². The number of amides is 1. The van der Waals surface area contributed by atoms with Crippen molar-refractivity contribution in [1.82, 2.24) is 14.5 Å². The molecule has 1 unspecified atom stereocenters. The third-order valence-corrected chi connectivity index (χ3v) is 3.45. The number of nitrogens with zero attached hydrogens (tertiary/aromatic N) is 3. The molecule has 1 saturated heterocycles. The zero-order valence-electron chi connectivity index (χ0n) is 11.4. The fourth-order valence-corrected chi connectivity index (χ4v) is 2.37. The number of aromatic nitrogens is 2. The monoisotopic (exact) mass is 271 g/mol. The number of carbonyl (C=O) groups is 1. The van der Waals surface area contributed by atoms with Crippen LogP contribution in [0.25, 0.3) is 5.69 Å². The summed E-state index contributed by atoms with van der Waals surface area (Å²) in [5.41, 5.74) is 1.71. The molecular weight excluding hydrogens is 254 g/mol. The van der Waals surface area contributed by atoms with Gasteiger partial charge in [0.25, 0.3) is 5.91 Å². The summed E-state index contributed by atoms with van der Waals surface area (Å²) in [6.07, 6.45) is 5.45. The number of carbonyl (C=O) groups excluding carboxylic acids is 1. The molecule has 0 N–H and O–H groups in total. The SMILES string of the molecule is CC1CN(C(=O)c2ccc(-n3ccnc3)cc2)CCO1. The standard InChI is InChI=1S/C15H17N3O2/c1-12-10-17(8-9-20-12)15(19)13-2-4-14(5-3-13)18-7-6-16-11-18/h2-7,11-12H,8-10H2,1H3. The third kappa shape index (κ3) is 2.58. The van der Waals surface area contributed by atoms with Crippen LogP contribution < -0.4 is 0 Å². The number of imidazole rings is 1. The molecule has 1 aliphatic heterocycles. The molecular formula is C15H17N3O2. The van der Waals surface area contributed by atoms with Crippen LogP contribution >= 0.6 is 0 Å². The first kappa shape index (κ1) is 12.9. The third-order valence-electron chi connectivity index (χ3n) is 3.45. The fourth-order valence-electron chi connectivity index (χ4n) is 2.37. The van der Waals surface area contributed by atoms with Crippen molar-refractivity contribution in [3.05, 3.63) is 48.5 Å². The first-order valence-electron chi connectivity index (χ1n) is 6.73. The molecule has 1 aliphatic rings. The lowest BCUT2D eigenvalue weighted by atomic mass is 10.1. The Hall–Kier alpha value is -2.14. The van der Waals surface area contributed by atoms with Crippen LogP contribution in [0.5, 0.6) is 0 Å². The van der Waals surface area contributed by atoms with Crippen LogP contribution in [0.3, 0.4) is 0 Å². The summed E-state index contributed by atoms with van der Waals surface area (Å²) in [7, 11) is 0. The second-order valence-corrected chi connectivity index (χ2v) is 4.95. The molecule has 0 radical (unpaired) electrons. The number of hydrogen-bond acceptors (Lipinski definition) is 3. The minimum absolute atomic E-state index is 0.0670. The van der Waals surface area contributed by atoms with Gasteiger partial charge in [-0.25, -0.2) is 4.98 Å². The Morgan fingerprint density at radius 3 is 2.80 bits per heavy atom. The van der Waals surface area contributed by atoms with E-state index in [1.54, 1.807) is 12.5 Å². The zero-order valence-corrected chi connectivity index (χ0v) is 11.4. The maximum Gasteiger partial charge on any atom is 0.254 e. The van der Waals surface area contributed by atoms with Crippen molar-refractivity contribution in [2.24, 2.45) is 0 Å². The van der Waals surface area contributed by atoms with Gasteiger partial charge in [0.15, 0.2) is 0 Å². The van der Waals surface area contributed by atoms with Gasteiger partial charge >= 0.3 is 0 Å². The highest BCUT2D eigenvalue weighted by atomic mass is 16.5. The molecule has 3 rings (SSSR count). The molecule has 2 heterocycles. The van der Waals surface area contributed by atoms with Crippen LogP contribution in [0.1, 0.15) is 17.3 Å². The lowest BCUT2D eigenvalue weighted by molar-refractivity contribution is -0.0124. The number of rotatable bonds is 2. The summed E-state index contributed by atoms with van der Waals surface area (Å²) in [5.74, 6) is 0.0670. The van der Waals surface area contributed by atoms with Crippen LogP contribution in [0.4, 0.5) is 0 Å². The molecule has 104 valence electrons. The van der Waals surface area contributed by atoms with Gasteiger partial charge in [0, 0.05) is 36.7 Å². The highest BCUT2D eigenvalue weighted by molar-refractivity contribution is 5.94. The first-order chi connectivity index (χ1) is 9.74. The highest BCUT2D eigenvalue weighted by Crippen LogP contribution is 2.13. The molecule has 1 atom stereocenters. The quantitative estimate of drug-likeness (QED) is 0.835. The van der Waals surface area contributed by atoms with Gasteiger partial charge < -0.3 is 14.2 Å². The van der Waals surface area contributed by atoms with Gasteiger partial charge in [0.2, 0.25) is 0 Å². The topological polar surface area (TPSA) is 47.4 Å². The average Bonchev–Trinajstić information content (AvgIpc) is 3.01. The number of benzene rings is 1. The van der Waals surface area contributed by atoms with Gasteiger partial charge in [-0.05, 0) is 31.2 Å². The Balaban J connectivity index is 1.75. The molecule has 1 aromatic heterocycles. The molecule has 1 amide bonds. The Kier molecular flexibility index (Phi) is 3.52. The zero-order chi connectivity index (χ0) is 13.9. The molecule has 1 aromatic carbocycles. The number of morpholine rings is 1. The Labute approximate surface area is 117 Å². The summed E-state index contributed by atoms with van der Waals surface area (Å²) < 4.78 is 7.37. The van der Waals surface area contributed by atoms with Gasteiger partial charge in [-0.3, -0.25) is 4.79 Å². The minimum Gasteiger partial charge on any atom is -0.375 e. The maximum absolute atomic E-state index is 12.4. The van der Waals surface area contributed by atoms with E-state index >= 15 is 0 Å². The summed E-state index contributed by atoms with van der Waals surface area (Å²) in [4.78, 5) is 18.3. The van der Waals surface area contributed by atoms with E-state index < -0.39 is 0 Å². The molecule has 0 saturated carbocycles. The Morgan fingerprint density at radius 2 is 2.15 bits per heavy atom. The Bertz CT molecular complexity index is 578. The van der Waals surface area contributed by atoms with Crippen molar-refractivity contribution in [2.45, 2.75) is 13.0 Å². The molecule has 2 aromatic rings. The van der Waals surface area contributed by atoms with E-state index in [0.717, 1.165) is 5.69 Å². The normalized spacial score (nSPS) is 19.1. The van der Waals surface area contributed by atoms with E-state index in [2.05, 4.69) is 4.98 Å². The van der Waals surface area contributed by atoms with Crippen LogP contribution in [-0.4, -0.2) is 46.2 Å². The van der Waals surface area contributed by atoms with E-state index in [0.29, 0.717) is 25.3 Å². The second kappa shape index (κ2) is 5.46. The van der Waals surface area contributed by atoms with Crippen molar-refractivity contribution < 1.29 is 9.53 Å². The molecule has 0 aliphatic carbocycles. The van der Waals surface area contributed by atoms with Crippen molar-refractivity contribution in [3.63, 3.8) is 0 Å². The number of hydrogen-bond donors (Lipinski definition) is 0. The van der Waals surface area contributed by atoms with Crippen molar-refractivity contribution >= 4 is 5.91 Å². The molecule has 1 fully saturated rings. The minimum atomic E-state index is 0.0670. The van der Waals surface area contributed by atoms with E-state index in [1.807, 2.05) is 46.9 Å². The van der Waals surface area contributed by atoms with Crippen LogP contribution in [-0.2, 0) is 4.74 Å². The second-order valence-electron chi connectivity index (χ2n) is 4.95. The van der Waals surface area contributed by atoms with Gasteiger partial charge in [0.1, 0.15) is 0 Å². The highest BCUT2D eigenvalue weighted by Gasteiger charge is 2.22. The van der Waals surface area contributed by atoms with Crippen molar-refractivity contribution in [1.29, 1.82) is 0 Å². The summed E-state index contributed by atoms with van der Waals surface area (Å²) in [6, 6.07) is 7.58. The molecule has 0 bridgehead atoms. The lowest BCUT2D eigenvalue weighted by Crippen LogP contribution is -2.44. The van der Waals surface area contributed by atoms with Gasteiger partial charge in [0.05, 0.1) is 19.0 Å². The van der Waals surface area contributed by atoms with Gasteiger partial charge in [-0.2, -0.15) is 0 Å². The van der Waals surface area contributed by atoms with Gasteiger partial charge in [-0.15, -0.1) is 0 Å². The van der Waals surface area contributed by atoms with E-state index in [4.69, 9.17) is 4.74 Å². The molecule has 20 heavy (non-hydrogen) atoms.